The third-order valence-corrected chi connectivity index (χ3v) is 4.64. The van der Waals surface area contributed by atoms with E-state index in [4.69, 9.17) is 4.74 Å². The molecule has 2 aromatic heterocycles. The molecule has 21 heavy (non-hydrogen) atoms. The minimum absolute atomic E-state index is 0.202. The molecule has 0 N–H and O–H groups in total. The van der Waals surface area contributed by atoms with E-state index in [0.29, 0.717) is 12.5 Å². The molecule has 2 saturated heterocycles. The standard InChI is InChI=1S/C16H19N3O2/c20-15-10-14(11-19(15)13-4-8-21-9-5-13)18-7-3-12-2-1-6-17-16(12)18/h1-3,6-7,13-14H,4-5,8-11H2. The molecule has 1 atom stereocenters. The van der Waals surface area contributed by atoms with Crippen LogP contribution in [0.2, 0.25) is 0 Å². The van der Waals surface area contributed by atoms with E-state index in [2.05, 4.69) is 32.8 Å². The highest BCUT2D eigenvalue weighted by Crippen LogP contribution is 2.30. The first-order chi connectivity index (χ1) is 10.3. The number of pyridine rings is 1. The van der Waals surface area contributed by atoms with Crippen molar-refractivity contribution in [2.75, 3.05) is 19.8 Å². The molecule has 2 aliphatic heterocycles. The van der Waals surface area contributed by atoms with Crippen LogP contribution in [-0.2, 0) is 9.53 Å². The molecule has 4 rings (SSSR count). The van der Waals surface area contributed by atoms with Crippen molar-refractivity contribution in [3.63, 3.8) is 0 Å². The van der Waals surface area contributed by atoms with Gasteiger partial charge < -0.3 is 14.2 Å². The zero-order valence-electron chi connectivity index (χ0n) is 11.9. The molecule has 1 amide bonds. The second kappa shape index (κ2) is 5.15. The van der Waals surface area contributed by atoms with Crippen LogP contribution in [0.15, 0.2) is 30.6 Å². The van der Waals surface area contributed by atoms with Crippen LogP contribution in [0.25, 0.3) is 11.0 Å². The van der Waals surface area contributed by atoms with Gasteiger partial charge in [0.1, 0.15) is 5.65 Å². The van der Waals surface area contributed by atoms with Crippen molar-refractivity contribution < 1.29 is 9.53 Å². The first-order valence-corrected chi connectivity index (χ1v) is 7.62. The Labute approximate surface area is 123 Å². The minimum atomic E-state index is 0.202. The molecule has 110 valence electrons. The fraction of sp³-hybridized carbons (Fsp3) is 0.500. The lowest BCUT2D eigenvalue weighted by atomic mass is 10.1. The molecule has 2 aromatic rings. The Hall–Kier alpha value is -1.88. The first kappa shape index (κ1) is 12.8. The SMILES string of the molecule is O=C1CC(n2ccc3cccnc32)CN1C1CCOCC1. The average Bonchev–Trinajstić information content (AvgIpc) is 3.11. The molecule has 1 unspecified atom stereocenters. The van der Waals surface area contributed by atoms with Gasteiger partial charge in [-0.05, 0) is 31.0 Å². The van der Waals surface area contributed by atoms with Crippen LogP contribution >= 0.6 is 0 Å². The summed E-state index contributed by atoms with van der Waals surface area (Å²) in [6.07, 6.45) is 6.37. The van der Waals surface area contributed by atoms with E-state index in [9.17, 15) is 4.79 Å². The molecule has 0 radical (unpaired) electrons. The molecule has 0 aliphatic carbocycles. The van der Waals surface area contributed by atoms with Gasteiger partial charge in [-0.3, -0.25) is 4.79 Å². The van der Waals surface area contributed by atoms with E-state index >= 15 is 0 Å². The largest absolute Gasteiger partial charge is 0.381 e. The Morgan fingerprint density at radius 1 is 1.19 bits per heavy atom. The lowest BCUT2D eigenvalue weighted by Crippen LogP contribution is -2.40. The highest BCUT2D eigenvalue weighted by Gasteiger charge is 2.36. The molecule has 2 aliphatic rings. The summed E-state index contributed by atoms with van der Waals surface area (Å²) in [4.78, 5) is 18.9. The lowest BCUT2D eigenvalue weighted by molar-refractivity contribution is -0.131. The van der Waals surface area contributed by atoms with Gasteiger partial charge >= 0.3 is 0 Å². The summed E-state index contributed by atoms with van der Waals surface area (Å²) in [5.41, 5.74) is 0.976. The van der Waals surface area contributed by atoms with Gasteiger partial charge in [0.15, 0.2) is 0 Å². The van der Waals surface area contributed by atoms with Crippen molar-refractivity contribution in [1.29, 1.82) is 0 Å². The Morgan fingerprint density at radius 3 is 2.90 bits per heavy atom. The average molecular weight is 285 g/mol. The van der Waals surface area contributed by atoms with Gasteiger partial charge in [0.2, 0.25) is 5.91 Å². The zero-order valence-corrected chi connectivity index (χ0v) is 11.9. The maximum atomic E-state index is 12.4. The minimum Gasteiger partial charge on any atom is -0.381 e. The van der Waals surface area contributed by atoms with Crippen molar-refractivity contribution in [3.05, 3.63) is 30.6 Å². The predicted octanol–water partition coefficient (Wildman–Crippen LogP) is 1.99. The number of hydrogen-bond acceptors (Lipinski definition) is 3. The highest BCUT2D eigenvalue weighted by molar-refractivity contribution is 5.81. The second-order valence-electron chi connectivity index (χ2n) is 5.89. The third-order valence-electron chi connectivity index (χ3n) is 4.64. The van der Waals surface area contributed by atoms with Gasteiger partial charge in [-0.15, -0.1) is 0 Å². The summed E-state index contributed by atoms with van der Waals surface area (Å²) in [6.45, 7) is 2.34. The van der Waals surface area contributed by atoms with Crippen molar-refractivity contribution in [2.24, 2.45) is 0 Å². The van der Waals surface area contributed by atoms with Gasteiger partial charge in [0.05, 0.1) is 6.04 Å². The van der Waals surface area contributed by atoms with Crippen LogP contribution in [-0.4, -0.2) is 46.2 Å². The van der Waals surface area contributed by atoms with Gasteiger partial charge in [0.25, 0.3) is 0 Å². The number of aromatic nitrogens is 2. The number of fused-ring (bicyclic) bond motifs is 1. The summed E-state index contributed by atoms with van der Waals surface area (Å²) < 4.78 is 7.56. The molecular weight excluding hydrogens is 266 g/mol. The van der Waals surface area contributed by atoms with Gasteiger partial charge in [-0.1, -0.05) is 0 Å². The van der Waals surface area contributed by atoms with E-state index in [0.717, 1.165) is 43.6 Å². The predicted molar refractivity (Wildman–Crippen MR) is 78.9 cm³/mol. The summed E-state index contributed by atoms with van der Waals surface area (Å²) >= 11 is 0. The Morgan fingerprint density at radius 2 is 2.05 bits per heavy atom. The number of nitrogens with zero attached hydrogens (tertiary/aromatic N) is 3. The molecule has 2 fully saturated rings. The van der Waals surface area contributed by atoms with Crippen LogP contribution in [0.3, 0.4) is 0 Å². The second-order valence-corrected chi connectivity index (χ2v) is 5.89. The van der Waals surface area contributed by atoms with Crippen molar-refractivity contribution in [2.45, 2.75) is 31.3 Å². The van der Waals surface area contributed by atoms with Crippen LogP contribution in [0, 0.1) is 0 Å². The summed E-state index contributed by atoms with van der Waals surface area (Å²) in [7, 11) is 0. The monoisotopic (exact) mass is 285 g/mol. The van der Waals surface area contributed by atoms with Crippen LogP contribution < -0.4 is 0 Å². The quantitative estimate of drug-likeness (QED) is 0.848. The molecule has 0 aromatic carbocycles. The van der Waals surface area contributed by atoms with Crippen molar-refractivity contribution in [1.82, 2.24) is 14.5 Å². The highest BCUT2D eigenvalue weighted by atomic mass is 16.5. The number of amides is 1. The summed E-state index contributed by atoms with van der Waals surface area (Å²) in [5.74, 6) is 0.268. The van der Waals surface area contributed by atoms with Gasteiger partial charge in [0, 0.05) is 50.0 Å². The molecule has 0 saturated carbocycles. The molecule has 5 nitrogen and oxygen atoms in total. The number of carbonyl (C=O) groups is 1. The molecule has 0 spiro atoms. The van der Waals surface area contributed by atoms with Crippen LogP contribution in [0.4, 0.5) is 0 Å². The number of ether oxygens (including phenoxy) is 1. The fourth-order valence-electron chi connectivity index (χ4n) is 3.53. The fourth-order valence-corrected chi connectivity index (χ4v) is 3.53. The van der Waals surface area contributed by atoms with Crippen LogP contribution in [0.1, 0.15) is 25.3 Å². The van der Waals surface area contributed by atoms with E-state index in [-0.39, 0.29) is 11.9 Å². The maximum absolute atomic E-state index is 12.4. The summed E-state index contributed by atoms with van der Waals surface area (Å²) in [5, 5.41) is 1.13. The van der Waals surface area contributed by atoms with E-state index in [1.165, 1.54) is 0 Å². The molecule has 5 heteroatoms. The summed E-state index contributed by atoms with van der Waals surface area (Å²) in [6, 6.07) is 6.63. The molecular formula is C16H19N3O2. The number of hydrogen-bond donors (Lipinski definition) is 0. The zero-order chi connectivity index (χ0) is 14.2. The number of rotatable bonds is 2. The number of likely N-dealkylation sites (tertiary alicyclic amines) is 1. The van der Waals surface area contributed by atoms with E-state index in [1.807, 2.05) is 12.3 Å². The van der Waals surface area contributed by atoms with Crippen molar-refractivity contribution in [3.8, 4) is 0 Å². The van der Waals surface area contributed by atoms with Gasteiger partial charge in [-0.2, -0.15) is 0 Å². The number of carbonyl (C=O) groups excluding carboxylic acids is 1. The maximum Gasteiger partial charge on any atom is 0.225 e. The first-order valence-electron chi connectivity index (χ1n) is 7.62. The Balaban J connectivity index is 1.58. The third kappa shape index (κ3) is 2.21. The van der Waals surface area contributed by atoms with Gasteiger partial charge in [-0.25, -0.2) is 4.98 Å². The van der Waals surface area contributed by atoms with E-state index < -0.39 is 0 Å². The smallest absolute Gasteiger partial charge is 0.225 e. The molecule has 4 heterocycles. The molecule has 0 bridgehead atoms. The Kier molecular flexibility index (Phi) is 3.15. The van der Waals surface area contributed by atoms with Crippen molar-refractivity contribution >= 4 is 16.9 Å². The van der Waals surface area contributed by atoms with E-state index in [1.54, 1.807) is 0 Å². The van der Waals surface area contributed by atoms with Crippen LogP contribution in [0.5, 0.6) is 0 Å². The topological polar surface area (TPSA) is 47.4 Å². The lowest BCUT2D eigenvalue weighted by Gasteiger charge is -2.31. The normalized spacial score (nSPS) is 24.1. The Bertz CT molecular complexity index is 660.